The van der Waals surface area contributed by atoms with Gasteiger partial charge in [-0.15, -0.1) is 0 Å². The maximum atomic E-state index is 4.56. The number of fused-ring (bicyclic) bond motifs is 2. The maximum absolute atomic E-state index is 4.56. The van der Waals surface area contributed by atoms with Gasteiger partial charge in [0.1, 0.15) is 5.82 Å². The summed E-state index contributed by atoms with van der Waals surface area (Å²) in [5, 5.41) is 2.45. The number of pyridine rings is 1. The number of benzene rings is 2. The molecule has 96 valence electrons. The number of hydrogen-bond donors (Lipinski definition) is 1. The van der Waals surface area contributed by atoms with Crippen molar-refractivity contribution in [3.8, 4) is 11.4 Å². The summed E-state index contributed by atoms with van der Waals surface area (Å²) in [5.41, 5.74) is 3.96. The van der Waals surface area contributed by atoms with Crippen molar-refractivity contribution in [3.05, 3.63) is 60.3 Å². The van der Waals surface area contributed by atoms with Crippen LogP contribution in [0.2, 0.25) is 0 Å². The van der Waals surface area contributed by atoms with Crippen LogP contribution >= 0.6 is 0 Å². The number of aryl methyl sites for hydroxylation is 1. The molecule has 0 fully saturated rings. The van der Waals surface area contributed by atoms with E-state index >= 15 is 0 Å². The Morgan fingerprint density at radius 3 is 2.70 bits per heavy atom. The Balaban J connectivity index is 1.91. The topological polar surface area (TPSA) is 41.6 Å². The predicted molar refractivity (Wildman–Crippen MR) is 81.6 cm³/mol. The first-order valence-corrected chi connectivity index (χ1v) is 6.61. The monoisotopic (exact) mass is 259 g/mol. The molecule has 1 N–H and O–H groups in total. The molecule has 0 aliphatic rings. The minimum Gasteiger partial charge on any atom is -0.337 e. The van der Waals surface area contributed by atoms with Crippen LogP contribution in [0.3, 0.4) is 0 Å². The molecule has 2 aromatic heterocycles. The SMILES string of the molecule is Cc1cnc2nc(-c3ccc4ccccc4c3)[nH]c2c1. The minimum absolute atomic E-state index is 0.763. The van der Waals surface area contributed by atoms with Gasteiger partial charge in [-0.2, -0.15) is 0 Å². The Morgan fingerprint density at radius 1 is 0.950 bits per heavy atom. The fourth-order valence-corrected chi connectivity index (χ4v) is 2.48. The van der Waals surface area contributed by atoms with Gasteiger partial charge in [0.15, 0.2) is 5.65 Å². The minimum atomic E-state index is 0.763. The van der Waals surface area contributed by atoms with Crippen LogP contribution in [-0.4, -0.2) is 15.0 Å². The number of aromatic amines is 1. The summed E-state index contributed by atoms with van der Waals surface area (Å²) in [6.07, 6.45) is 1.84. The summed E-state index contributed by atoms with van der Waals surface area (Å²) in [6.45, 7) is 2.03. The first-order valence-electron chi connectivity index (χ1n) is 6.61. The summed E-state index contributed by atoms with van der Waals surface area (Å²) < 4.78 is 0. The highest BCUT2D eigenvalue weighted by atomic mass is 15.0. The molecule has 0 radical (unpaired) electrons. The van der Waals surface area contributed by atoms with Crippen LogP contribution < -0.4 is 0 Å². The summed E-state index contributed by atoms with van der Waals surface area (Å²) in [7, 11) is 0. The van der Waals surface area contributed by atoms with Gasteiger partial charge in [-0.1, -0.05) is 36.4 Å². The summed E-state index contributed by atoms with van der Waals surface area (Å²) >= 11 is 0. The zero-order valence-electron chi connectivity index (χ0n) is 11.1. The van der Waals surface area contributed by atoms with E-state index in [0.717, 1.165) is 28.1 Å². The summed E-state index contributed by atoms with van der Waals surface area (Å²) in [4.78, 5) is 12.3. The van der Waals surface area contributed by atoms with Crippen LogP contribution in [0.25, 0.3) is 33.3 Å². The average Bonchev–Trinajstić information content (AvgIpc) is 2.89. The summed E-state index contributed by atoms with van der Waals surface area (Å²) in [5.74, 6) is 0.865. The normalized spacial score (nSPS) is 11.2. The van der Waals surface area contributed by atoms with Crippen molar-refractivity contribution in [3.63, 3.8) is 0 Å². The van der Waals surface area contributed by atoms with Gasteiger partial charge in [-0.05, 0) is 35.4 Å². The standard InChI is InChI=1S/C17H13N3/c1-11-8-15-17(18-10-11)20-16(19-15)14-7-6-12-4-2-3-5-13(12)9-14/h2-10H,1H3,(H,18,19,20). The van der Waals surface area contributed by atoms with Crippen LogP contribution in [0.5, 0.6) is 0 Å². The quantitative estimate of drug-likeness (QED) is 0.559. The number of rotatable bonds is 1. The molecule has 0 aliphatic carbocycles. The molecule has 0 spiro atoms. The molecule has 4 rings (SSSR count). The molecular weight excluding hydrogens is 246 g/mol. The van der Waals surface area contributed by atoms with E-state index in [1.807, 2.05) is 13.1 Å². The fourth-order valence-electron chi connectivity index (χ4n) is 2.48. The number of imidazole rings is 1. The second-order valence-corrected chi connectivity index (χ2v) is 5.03. The molecule has 0 saturated heterocycles. The zero-order chi connectivity index (χ0) is 13.5. The van der Waals surface area contributed by atoms with E-state index in [9.17, 15) is 0 Å². The van der Waals surface area contributed by atoms with Crippen LogP contribution in [0.15, 0.2) is 54.7 Å². The Bertz CT molecular complexity index is 922. The fraction of sp³-hybridized carbons (Fsp3) is 0.0588. The van der Waals surface area contributed by atoms with Crippen molar-refractivity contribution < 1.29 is 0 Å². The highest BCUT2D eigenvalue weighted by Gasteiger charge is 2.06. The van der Waals surface area contributed by atoms with Gasteiger partial charge in [0.25, 0.3) is 0 Å². The number of nitrogens with one attached hydrogen (secondary N) is 1. The molecule has 4 aromatic rings. The Labute approximate surface area is 116 Å². The maximum Gasteiger partial charge on any atom is 0.178 e. The third-order valence-corrected chi connectivity index (χ3v) is 3.50. The molecule has 20 heavy (non-hydrogen) atoms. The molecule has 2 aromatic carbocycles. The van der Waals surface area contributed by atoms with Gasteiger partial charge >= 0.3 is 0 Å². The third-order valence-electron chi connectivity index (χ3n) is 3.50. The van der Waals surface area contributed by atoms with E-state index in [0.29, 0.717) is 0 Å². The van der Waals surface area contributed by atoms with Gasteiger partial charge in [0.2, 0.25) is 0 Å². The molecule has 3 nitrogen and oxygen atoms in total. The van der Waals surface area contributed by atoms with E-state index in [2.05, 4.69) is 63.5 Å². The molecule has 0 aliphatic heterocycles. The first kappa shape index (κ1) is 11.2. The van der Waals surface area contributed by atoms with Crippen molar-refractivity contribution in [2.24, 2.45) is 0 Å². The number of nitrogens with zero attached hydrogens (tertiary/aromatic N) is 2. The largest absolute Gasteiger partial charge is 0.337 e. The highest BCUT2D eigenvalue weighted by molar-refractivity contribution is 5.87. The predicted octanol–water partition coefficient (Wildman–Crippen LogP) is 4.09. The van der Waals surface area contributed by atoms with E-state index < -0.39 is 0 Å². The Kier molecular flexibility index (Phi) is 2.33. The van der Waals surface area contributed by atoms with E-state index in [4.69, 9.17) is 0 Å². The highest BCUT2D eigenvalue weighted by Crippen LogP contribution is 2.24. The second-order valence-electron chi connectivity index (χ2n) is 5.03. The van der Waals surface area contributed by atoms with Crippen molar-refractivity contribution in [1.82, 2.24) is 15.0 Å². The van der Waals surface area contributed by atoms with Gasteiger partial charge < -0.3 is 4.98 Å². The molecule has 0 unspecified atom stereocenters. The Morgan fingerprint density at radius 2 is 1.80 bits per heavy atom. The van der Waals surface area contributed by atoms with Crippen molar-refractivity contribution in [1.29, 1.82) is 0 Å². The molecule has 2 heterocycles. The van der Waals surface area contributed by atoms with E-state index in [-0.39, 0.29) is 0 Å². The lowest BCUT2D eigenvalue weighted by molar-refractivity contribution is 1.28. The lowest BCUT2D eigenvalue weighted by Crippen LogP contribution is -1.81. The van der Waals surface area contributed by atoms with Crippen LogP contribution in [0, 0.1) is 6.92 Å². The molecule has 0 amide bonds. The van der Waals surface area contributed by atoms with E-state index in [1.54, 1.807) is 0 Å². The Hall–Kier alpha value is -2.68. The average molecular weight is 259 g/mol. The third kappa shape index (κ3) is 1.75. The molecular formula is C17H13N3. The summed E-state index contributed by atoms with van der Waals surface area (Å²) in [6, 6.07) is 16.8. The number of aromatic nitrogens is 3. The van der Waals surface area contributed by atoms with Gasteiger partial charge in [0.05, 0.1) is 5.52 Å². The zero-order valence-corrected chi connectivity index (χ0v) is 11.1. The van der Waals surface area contributed by atoms with Gasteiger partial charge in [0, 0.05) is 11.8 Å². The van der Waals surface area contributed by atoms with Crippen LogP contribution in [0.4, 0.5) is 0 Å². The van der Waals surface area contributed by atoms with Crippen molar-refractivity contribution in [2.75, 3.05) is 0 Å². The lowest BCUT2D eigenvalue weighted by atomic mass is 10.1. The first-order chi connectivity index (χ1) is 9.79. The molecule has 3 heteroatoms. The van der Waals surface area contributed by atoms with Crippen LogP contribution in [0.1, 0.15) is 5.56 Å². The van der Waals surface area contributed by atoms with Crippen LogP contribution in [-0.2, 0) is 0 Å². The van der Waals surface area contributed by atoms with E-state index in [1.165, 1.54) is 10.8 Å². The van der Waals surface area contributed by atoms with Crippen molar-refractivity contribution >= 4 is 21.9 Å². The molecule has 0 atom stereocenters. The number of hydrogen-bond acceptors (Lipinski definition) is 2. The van der Waals surface area contributed by atoms with Gasteiger partial charge in [-0.25, -0.2) is 9.97 Å². The molecule has 0 saturated carbocycles. The lowest BCUT2D eigenvalue weighted by Gasteiger charge is -2.00. The number of H-pyrrole nitrogens is 1. The van der Waals surface area contributed by atoms with Gasteiger partial charge in [-0.3, -0.25) is 0 Å². The smallest absolute Gasteiger partial charge is 0.178 e. The van der Waals surface area contributed by atoms with Crippen molar-refractivity contribution in [2.45, 2.75) is 6.92 Å². The molecule has 0 bridgehead atoms. The second kappa shape index (κ2) is 4.17.